The molecule has 1 rings (SSSR count). The number of benzene rings is 1. The number of carbonyl (C=O) groups excluding carboxylic acids is 2. The summed E-state index contributed by atoms with van der Waals surface area (Å²) >= 11 is 5.45. The second-order valence-electron chi connectivity index (χ2n) is 3.63. The van der Waals surface area contributed by atoms with Crippen LogP contribution in [0, 0.1) is 0 Å². The summed E-state index contributed by atoms with van der Waals surface area (Å²) in [5.41, 5.74) is 0.920. The number of alkyl halides is 3. The lowest BCUT2D eigenvalue weighted by Crippen LogP contribution is -2.39. The Balaban J connectivity index is 2.75. The third-order valence-electron chi connectivity index (χ3n) is 2.19. The molecule has 5 nitrogen and oxygen atoms in total. The Hall–Kier alpha value is -1.80. The summed E-state index contributed by atoms with van der Waals surface area (Å²) < 4.78 is 37.8. The summed E-state index contributed by atoms with van der Waals surface area (Å²) in [6, 6.07) is 3.18. The number of hydrogen-bond acceptors (Lipinski definition) is 3. The molecule has 110 valence electrons. The van der Waals surface area contributed by atoms with Gasteiger partial charge in [0, 0.05) is 6.54 Å². The van der Waals surface area contributed by atoms with Crippen molar-refractivity contribution in [2.45, 2.75) is 12.7 Å². The largest absolute Gasteiger partial charge is 0.417 e. The first kappa shape index (κ1) is 16.3. The number of hydroxylamine groups is 1. The quantitative estimate of drug-likeness (QED) is 0.659. The monoisotopic (exact) mass is 310 g/mol. The van der Waals surface area contributed by atoms with Crippen molar-refractivity contribution < 1.29 is 27.6 Å². The van der Waals surface area contributed by atoms with Gasteiger partial charge in [0.15, 0.2) is 0 Å². The van der Waals surface area contributed by atoms with Crippen molar-refractivity contribution in [2.75, 3.05) is 7.11 Å². The highest BCUT2D eigenvalue weighted by atomic mass is 35.5. The second kappa shape index (κ2) is 6.58. The van der Waals surface area contributed by atoms with Gasteiger partial charge in [-0.1, -0.05) is 17.7 Å². The summed E-state index contributed by atoms with van der Waals surface area (Å²) in [7, 11) is 1.14. The topological polar surface area (TPSA) is 67.4 Å². The van der Waals surface area contributed by atoms with Crippen LogP contribution in [0.3, 0.4) is 0 Å². The number of carbonyl (C=O) groups is 2. The Bertz CT molecular complexity index is 520. The molecule has 0 unspecified atom stereocenters. The molecule has 1 aromatic rings. The van der Waals surface area contributed by atoms with Crippen LogP contribution in [0.4, 0.5) is 13.2 Å². The first-order valence-electron chi connectivity index (χ1n) is 5.22. The standard InChI is InChI=1S/C11H10ClF3N2O3/c1-20-17-10(19)9(18)16-5-6-2-3-8(12)7(4-6)11(13,14)15/h2-4H,5H2,1H3,(H,16,18)(H,17,19). The molecule has 0 aliphatic carbocycles. The molecule has 0 spiro atoms. The SMILES string of the molecule is CONC(=O)C(=O)NCc1ccc(Cl)c(C(F)(F)F)c1. The zero-order valence-corrected chi connectivity index (χ0v) is 10.9. The van der Waals surface area contributed by atoms with Crippen LogP contribution in [0.25, 0.3) is 0 Å². The van der Waals surface area contributed by atoms with E-state index in [1.807, 2.05) is 0 Å². The van der Waals surface area contributed by atoms with E-state index in [2.05, 4.69) is 10.2 Å². The van der Waals surface area contributed by atoms with Crippen LogP contribution >= 0.6 is 11.6 Å². The Labute approximate surface area is 117 Å². The van der Waals surface area contributed by atoms with E-state index in [9.17, 15) is 22.8 Å². The van der Waals surface area contributed by atoms with Gasteiger partial charge in [-0.15, -0.1) is 0 Å². The molecule has 0 fully saturated rings. The lowest BCUT2D eigenvalue weighted by atomic mass is 10.1. The van der Waals surface area contributed by atoms with E-state index >= 15 is 0 Å². The normalized spacial score (nSPS) is 11.1. The summed E-state index contributed by atoms with van der Waals surface area (Å²) in [5, 5.41) is 1.70. The summed E-state index contributed by atoms with van der Waals surface area (Å²) in [5.74, 6) is -2.09. The fraction of sp³-hybridized carbons (Fsp3) is 0.273. The highest BCUT2D eigenvalue weighted by molar-refractivity contribution is 6.34. The molecule has 9 heteroatoms. The fourth-order valence-corrected chi connectivity index (χ4v) is 1.53. The molecule has 0 bridgehead atoms. The molecule has 1 aromatic carbocycles. The predicted octanol–water partition coefficient (Wildman–Crippen LogP) is 1.65. The molecule has 0 saturated heterocycles. The highest BCUT2D eigenvalue weighted by Crippen LogP contribution is 2.35. The third-order valence-corrected chi connectivity index (χ3v) is 2.52. The lowest BCUT2D eigenvalue weighted by molar-refractivity contribution is -0.145. The van der Waals surface area contributed by atoms with Crippen molar-refractivity contribution >= 4 is 23.4 Å². The van der Waals surface area contributed by atoms with E-state index in [0.717, 1.165) is 19.2 Å². The van der Waals surface area contributed by atoms with E-state index in [1.165, 1.54) is 6.07 Å². The molecule has 0 saturated carbocycles. The van der Waals surface area contributed by atoms with Crippen LogP contribution < -0.4 is 10.8 Å². The average Bonchev–Trinajstić information content (AvgIpc) is 2.36. The molecular formula is C11H10ClF3N2O3. The van der Waals surface area contributed by atoms with Gasteiger partial charge in [0.1, 0.15) is 0 Å². The van der Waals surface area contributed by atoms with E-state index in [-0.39, 0.29) is 12.1 Å². The van der Waals surface area contributed by atoms with Gasteiger partial charge in [-0.3, -0.25) is 14.4 Å². The molecule has 0 heterocycles. The van der Waals surface area contributed by atoms with Gasteiger partial charge in [0.2, 0.25) is 0 Å². The van der Waals surface area contributed by atoms with Gasteiger partial charge in [-0.2, -0.15) is 13.2 Å². The van der Waals surface area contributed by atoms with E-state index in [1.54, 1.807) is 5.48 Å². The number of halogens is 4. The molecule has 0 aliphatic heterocycles. The molecule has 20 heavy (non-hydrogen) atoms. The smallest absolute Gasteiger partial charge is 0.344 e. The van der Waals surface area contributed by atoms with Crippen LogP contribution in [0.1, 0.15) is 11.1 Å². The van der Waals surface area contributed by atoms with Gasteiger partial charge >= 0.3 is 18.0 Å². The van der Waals surface area contributed by atoms with Crippen molar-refractivity contribution in [1.82, 2.24) is 10.8 Å². The minimum Gasteiger partial charge on any atom is -0.344 e. The average molecular weight is 311 g/mol. The third kappa shape index (κ3) is 4.39. The Morgan fingerprint density at radius 3 is 2.50 bits per heavy atom. The van der Waals surface area contributed by atoms with Crippen LogP contribution in [0.5, 0.6) is 0 Å². The Kier molecular flexibility index (Phi) is 5.34. The summed E-state index contributed by atoms with van der Waals surface area (Å²) in [6.45, 7) is -0.254. The zero-order chi connectivity index (χ0) is 15.3. The molecule has 0 aromatic heterocycles. The van der Waals surface area contributed by atoms with Gasteiger partial charge in [-0.25, -0.2) is 5.48 Å². The molecule has 0 atom stereocenters. The first-order chi connectivity index (χ1) is 9.25. The Morgan fingerprint density at radius 2 is 1.95 bits per heavy atom. The van der Waals surface area contributed by atoms with Crippen LogP contribution in [-0.2, 0) is 27.1 Å². The van der Waals surface area contributed by atoms with Crippen molar-refractivity contribution in [3.63, 3.8) is 0 Å². The van der Waals surface area contributed by atoms with Crippen molar-refractivity contribution in [1.29, 1.82) is 0 Å². The van der Waals surface area contributed by atoms with Gasteiger partial charge < -0.3 is 5.32 Å². The van der Waals surface area contributed by atoms with Gasteiger partial charge in [0.25, 0.3) is 0 Å². The van der Waals surface area contributed by atoms with Crippen molar-refractivity contribution in [2.24, 2.45) is 0 Å². The summed E-state index contributed by atoms with van der Waals surface area (Å²) in [6.07, 6.45) is -4.59. The van der Waals surface area contributed by atoms with E-state index in [0.29, 0.717) is 0 Å². The number of nitrogens with one attached hydrogen (secondary N) is 2. The Morgan fingerprint density at radius 1 is 1.30 bits per heavy atom. The molecule has 2 N–H and O–H groups in total. The number of hydrogen-bond donors (Lipinski definition) is 2. The fourth-order valence-electron chi connectivity index (χ4n) is 1.30. The summed E-state index contributed by atoms with van der Waals surface area (Å²) in [4.78, 5) is 26.4. The molecule has 0 radical (unpaired) electrons. The van der Waals surface area contributed by atoms with Crippen molar-refractivity contribution in [3.05, 3.63) is 34.3 Å². The molecular weight excluding hydrogens is 301 g/mol. The van der Waals surface area contributed by atoms with E-state index in [4.69, 9.17) is 11.6 Å². The maximum atomic E-state index is 12.6. The second-order valence-corrected chi connectivity index (χ2v) is 4.04. The zero-order valence-electron chi connectivity index (χ0n) is 10.2. The highest BCUT2D eigenvalue weighted by Gasteiger charge is 2.33. The maximum Gasteiger partial charge on any atom is 0.417 e. The maximum absolute atomic E-state index is 12.6. The van der Waals surface area contributed by atoms with Gasteiger partial charge in [0.05, 0.1) is 17.7 Å². The lowest BCUT2D eigenvalue weighted by Gasteiger charge is -2.11. The molecule has 2 amide bonds. The number of amides is 2. The number of rotatable bonds is 3. The van der Waals surface area contributed by atoms with E-state index < -0.39 is 28.6 Å². The molecule has 0 aliphatic rings. The van der Waals surface area contributed by atoms with Crippen LogP contribution in [0.2, 0.25) is 5.02 Å². The minimum absolute atomic E-state index is 0.153. The van der Waals surface area contributed by atoms with Crippen LogP contribution in [0.15, 0.2) is 18.2 Å². The van der Waals surface area contributed by atoms with Crippen molar-refractivity contribution in [3.8, 4) is 0 Å². The van der Waals surface area contributed by atoms with Gasteiger partial charge in [-0.05, 0) is 17.7 Å². The minimum atomic E-state index is -4.59. The van der Waals surface area contributed by atoms with Crippen LogP contribution in [-0.4, -0.2) is 18.9 Å². The first-order valence-corrected chi connectivity index (χ1v) is 5.60. The predicted molar refractivity (Wildman–Crippen MR) is 63.5 cm³/mol.